The maximum absolute atomic E-state index is 11.9. The molecule has 0 radical (unpaired) electrons. The van der Waals surface area contributed by atoms with Gasteiger partial charge in [0.15, 0.2) is 17.3 Å². The first-order chi connectivity index (χ1) is 10.6. The Morgan fingerprint density at radius 2 is 1.86 bits per heavy atom. The third-order valence-corrected chi connectivity index (χ3v) is 3.82. The number of hydrogen-bond donors (Lipinski definition) is 2. The Kier molecular flexibility index (Phi) is 8.60. The summed E-state index contributed by atoms with van der Waals surface area (Å²) >= 11 is 0. The SMILES string of the molecule is CCCCCCCCC(=O)C(O)Cc1ccc(O)c(OC)c1. The zero-order valence-electron chi connectivity index (χ0n) is 13.7. The number of aromatic hydroxyl groups is 1. The fourth-order valence-corrected chi connectivity index (χ4v) is 2.43. The highest BCUT2D eigenvalue weighted by Gasteiger charge is 2.16. The zero-order chi connectivity index (χ0) is 16.4. The van der Waals surface area contributed by atoms with E-state index < -0.39 is 6.10 Å². The summed E-state index contributed by atoms with van der Waals surface area (Å²) in [6.07, 6.45) is 6.45. The van der Waals surface area contributed by atoms with Crippen LogP contribution in [0.1, 0.15) is 57.4 Å². The van der Waals surface area contributed by atoms with Crippen LogP contribution in [0.4, 0.5) is 0 Å². The number of carbonyl (C=O) groups is 1. The second-order valence-electron chi connectivity index (χ2n) is 5.71. The molecule has 4 nitrogen and oxygen atoms in total. The molecule has 0 aliphatic heterocycles. The molecule has 0 amide bonds. The predicted octanol–water partition coefficient (Wildman–Crippen LogP) is 3.62. The molecular formula is C18H28O4. The molecule has 1 unspecified atom stereocenters. The van der Waals surface area contributed by atoms with Gasteiger partial charge >= 0.3 is 0 Å². The van der Waals surface area contributed by atoms with Gasteiger partial charge in [-0.2, -0.15) is 0 Å². The molecule has 0 bridgehead atoms. The van der Waals surface area contributed by atoms with E-state index >= 15 is 0 Å². The molecule has 0 heterocycles. The van der Waals surface area contributed by atoms with E-state index in [-0.39, 0.29) is 18.0 Å². The number of carbonyl (C=O) groups excluding carboxylic acids is 1. The van der Waals surface area contributed by atoms with Crippen LogP contribution in [0.15, 0.2) is 18.2 Å². The number of ketones is 1. The molecule has 0 aromatic heterocycles. The molecule has 0 spiro atoms. The molecule has 1 aromatic rings. The third-order valence-electron chi connectivity index (χ3n) is 3.82. The van der Waals surface area contributed by atoms with Crippen LogP contribution in [-0.4, -0.2) is 29.2 Å². The second kappa shape index (κ2) is 10.2. The molecule has 22 heavy (non-hydrogen) atoms. The van der Waals surface area contributed by atoms with E-state index in [0.29, 0.717) is 12.2 Å². The highest BCUT2D eigenvalue weighted by Crippen LogP contribution is 2.26. The van der Waals surface area contributed by atoms with E-state index in [1.54, 1.807) is 12.1 Å². The van der Waals surface area contributed by atoms with Crippen molar-refractivity contribution in [3.05, 3.63) is 23.8 Å². The lowest BCUT2D eigenvalue weighted by molar-refractivity contribution is -0.127. The number of aliphatic hydroxyl groups excluding tert-OH is 1. The Bertz CT molecular complexity index is 456. The summed E-state index contributed by atoms with van der Waals surface area (Å²) in [5.74, 6) is 0.301. The summed E-state index contributed by atoms with van der Waals surface area (Å²) in [7, 11) is 1.47. The van der Waals surface area contributed by atoms with Gasteiger partial charge in [0.2, 0.25) is 0 Å². The Balaban J connectivity index is 2.34. The average Bonchev–Trinajstić information content (AvgIpc) is 2.52. The van der Waals surface area contributed by atoms with Crippen LogP contribution in [0, 0.1) is 0 Å². The summed E-state index contributed by atoms with van der Waals surface area (Å²) in [6, 6.07) is 4.86. The lowest BCUT2D eigenvalue weighted by atomic mass is 10.00. The van der Waals surface area contributed by atoms with E-state index in [0.717, 1.165) is 24.8 Å². The van der Waals surface area contributed by atoms with Gasteiger partial charge < -0.3 is 14.9 Å². The molecule has 1 rings (SSSR count). The molecule has 0 aliphatic carbocycles. The zero-order valence-corrected chi connectivity index (χ0v) is 13.7. The maximum Gasteiger partial charge on any atom is 0.161 e. The van der Waals surface area contributed by atoms with Crippen LogP contribution in [-0.2, 0) is 11.2 Å². The van der Waals surface area contributed by atoms with Gasteiger partial charge in [0.25, 0.3) is 0 Å². The summed E-state index contributed by atoms with van der Waals surface area (Å²) < 4.78 is 5.02. The highest BCUT2D eigenvalue weighted by molar-refractivity contribution is 5.83. The molecule has 0 saturated carbocycles. The fourth-order valence-electron chi connectivity index (χ4n) is 2.43. The normalized spacial score (nSPS) is 12.1. The standard InChI is InChI=1S/C18H28O4/c1-3-4-5-6-7-8-9-15(19)17(21)12-14-10-11-16(20)18(13-14)22-2/h10-11,13,17,20-21H,3-9,12H2,1-2H3. The van der Waals surface area contributed by atoms with Crippen molar-refractivity contribution in [3.8, 4) is 11.5 Å². The molecule has 124 valence electrons. The first kappa shape index (κ1) is 18.5. The van der Waals surface area contributed by atoms with Crippen LogP contribution in [0.25, 0.3) is 0 Å². The average molecular weight is 308 g/mol. The Morgan fingerprint density at radius 1 is 1.18 bits per heavy atom. The topological polar surface area (TPSA) is 66.8 Å². The molecule has 1 aromatic carbocycles. The van der Waals surface area contributed by atoms with Crippen molar-refractivity contribution in [2.75, 3.05) is 7.11 Å². The van der Waals surface area contributed by atoms with E-state index in [4.69, 9.17) is 4.74 Å². The van der Waals surface area contributed by atoms with Gasteiger partial charge in [-0.15, -0.1) is 0 Å². The molecular weight excluding hydrogens is 280 g/mol. The number of phenolic OH excluding ortho intramolecular Hbond substituents is 1. The Morgan fingerprint density at radius 3 is 2.55 bits per heavy atom. The van der Waals surface area contributed by atoms with Gasteiger partial charge in [-0.3, -0.25) is 4.79 Å². The smallest absolute Gasteiger partial charge is 0.161 e. The molecule has 0 fully saturated rings. The number of Topliss-reactive ketones (excluding diaryl/α,β-unsaturated/α-hetero) is 1. The summed E-state index contributed by atoms with van der Waals surface area (Å²) in [4.78, 5) is 11.9. The largest absolute Gasteiger partial charge is 0.504 e. The number of phenols is 1. The number of benzene rings is 1. The lowest BCUT2D eigenvalue weighted by Crippen LogP contribution is -2.22. The van der Waals surface area contributed by atoms with Crippen molar-refractivity contribution >= 4 is 5.78 Å². The minimum atomic E-state index is -0.982. The minimum Gasteiger partial charge on any atom is -0.504 e. The predicted molar refractivity (Wildman–Crippen MR) is 87.4 cm³/mol. The quantitative estimate of drug-likeness (QED) is 0.613. The van der Waals surface area contributed by atoms with Gasteiger partial charge in [-0.1, -0.05) is 45.1 Å². The number of unbranched alkanes of at least 4 members (excludes halogenated alkanes) is 5. The van der Waals surface area contributed by atoms with Gasteiger partial charge in [0.05, 0.1) is 7.11 Å². The van der Waals surface area contributed by atoms with E-state index in [1.807, 2.05) is 0 Å². The van der Waals surface area contributed by atoms with Gasteiger partial charge in [0.1, 0.15) is 6.10 Å². The van der Waals surface area contributed by atoms with Crippen molar-refractivity contribution in [3.63, 3.8) is 0 Å². The van der Waals surface area contributed by atoms with Gasteiger partial charge in [0, 0.05) is 12.8 Å². The molecule has 2 N–H and O–H groups in total. The van der Waals surface area contributed by atoms with Crippen molar-refractivity contribution in [1.29, 1.82) is 0 Å². The second-order valence-corrected chi connectivity index (χ2v) is 5.71. The van der Waals surface area contributed by atoms with E-state index in [9.17, 15) is 15.0 Å². The Labute approximate surface area is 133 Å². The van der Waals surface area contributed by atoms with Crippen LogP contribution in [0.3, 0.4) is 0 Å². The first-order valence-electron chi connectivity index (χ1n) is 8.15. The maximum atomic E-state index is 11.9. The first-order valence-corrected chi connectivity index (χ1v) is 8.15. The molecule has 0 aliphatic rings. The van der Waals surface area contributed by atoms with Crippen molar-refractivity contribution < 1.29 is 19.7 Å². The number of methoxy groups -OCH3 is 1. The minimum absolute atomic E-state index is 0.0548. The van der Waals surface area contributed by atoms with Gasteiger partial charge in [-0.05, 0) is 24.1 Å². The van der Waals surface area contributed by atoms with Gasteiger partial charge in [-0.25, -0.2) is 0 Å². The summed E-state index contributed by atoms with van der Waals surface area (Å²) in [5, 5.41) is 19.5. The number of ether oxygens (including phenoxy) is 1. The fraction of sp³-hybridized carbons (Fsp3) is 0.611. The monoisotopic (exact) mass is 308 g/mol. The third kappa shape index (κ3) is 6.48. The van der Waals surface area contributed by atoms with E-state index in [2.05, 4.69) is 6.92 Å². The van der Waals surface area contributed by atoms with Crippen LogP contribution in [0.2, 0.25) is 0 Å². The number of aliphatic hydroxyl groups is 1. The van der Waals surface area contributed by atoms with Crippen LogP contribution in [0.5, 0.6) is 11.5 Å². The molecule has 1 atom stereocenters. The van der Waals surface area contributed by atoms with Crippen LogP contribution >= 0.6 is 0 Å². The Hall–Kier alpha value is -1.55. The lowest BCUT2D eigenvalue weighted by Gasteiger charge is -2.11. The molecule has 0 saturated heterocycles. The number of hydrogen-bond acceptors (Lipinski definition) is 4. The van der Waals surface area contributed by atoms with Crippen molar-refractivity contribution in [2.24, 2.45) is 0 Å². The van der Waals surface area contributed by atoms with E-state index in [1.165, 1.54) is 32.4 Å². The van der Waals surface area contributed by atoms with Crippen molar-refractivity contribution in [2.45, 2.75) is 64.4 Å². The summed E-state index contributed by atoms with van der Waals surface area (Å²) in [5.41, 5.74) is 0.776. The molecule has 4 heteroatoms. The summed E-state index contributed by atoms with van der Waals surface area (Å²) in [6.45, 7) is 2.18. The van der Waals surface area contributed by atoms with Crippen molar-refractivity contribution in [1.82, 2.24) is 0 Å². The highest BCUT2D eigenvalue weighted by atomic mass is 16.5. The van der Waals surface area contributed by atoms with Crippen LogP contribution < -0.4 is 4.74 Å². The number of rotatable bonds is 11.